The molecule has 0 fully saturated rings. The first-order valence-electron chi connectivity index (χ1n) is 7.88. The molecule has 0 aliphatic rings. The Morgan fingerprint density at radius 3 is 2.36 bits per heavy atom. The topological polar surface area (TPSA) is 38.3 Å². The summed E-state index contributed by atoms with van der Waals surface area (Å²) in [5.41, 5.74) is 2.25. The van der Waals surface area contributed by atoms with E-state index in [-0.39, 0.29) is 11.7 Å². The molecule has 0 spiro atoms. The molecule has 0 aliphatic carbocycles. The molecule has 3 nitrogen and oxygen atoms in total. The molecule has 25 heavy (non-hydrogen) atoms. The monoisotopic (exact) mass is 334 g/mol. The van der Waals surface area contributed by atoms with Crippen LogP contribution in [0, 0.1) is 12.2 Å². The normalized spacial score (nSPS) is 10.3. The van der Waals surface area contributed by atoms with Gasteiger partial charge in [-0.05, 0) is 35.4 Å². The highest BCUT2D eigenvalue weighted by atomic mass is 19.1. The molecule has 1 amide bonds. The highest BCUT2D eigenvalue weighted by molar-refractivity contribution is 6.00. The van der Waals surface area contributed by atoms with Crippen LogP contribution < -0.4 is 10.1 Å². The fraction of sp³-hybridized carbons (Fsp3) is 0.0476. The van der Waals surface area contributed by atoms with Crippen molar-refractivity contribution in [3.63, 3.8) is 0 Å². The number of para-hydroxylation sites is 2. The van der Waals surface area contributed by atoms with Gasteiger partial charge in [-0.2, -0.15) is 0 Å². The number of ether oxygens (including phenoxy) is 1. The molecule has 3 rings (SSSR count). The van der Waals surface area contributed by atoms with Gasteiger partial charge in [0.1, 0.15) is 18.2 Å². The van der Waals surface area contributed by atoms with E-state index in [1.807, 2.05) is 42.5 Å². The maximum absolute atomic E-state index is 12.9. The second-order valence-electron chi connectivity index (χ2n) is 5.46. The number of nitrogens with one attached hydrogen (secondary N) is 1. The zero-order valence-corrected chi connectivity index (χ0v) is 13.5. The second kappa shape index (κ2) is 8.11. The quantitative estimate of drug-likeness (QED) is 0.716. The maximum Gasteiger partial charge on any atom is 0.233 e. The average Bonchev–Trinajstić information content (AvgIpc) is 2.64. The van der Waals surface area contributed by atoms with Crippen LogP contribution in [0.5, 0.6) is 5.75 Å². The summed E-state index contributed by atoms with van der Waals surface area (Å²) in [4.78, 5) is 12.2. The van der Waals surface area contributed by atoms with Crippen molar-refractivity contribution in [2.75, 3.05) is 5.32 Å². The third kappa shape index (κ3) is 4.91. The molecule has 125 valence electrons. The van der Waals surface area contributed by atoms with Crippen molar-refractivity contribution >= 4 is 11.6 Å². The molecule has 0 aromatic heterocycles. The van der Waals surface area contributed by atoms with Gasteiger partial charge in [0.15, 0.2) is 0 Å². The van der Waals surface area contributed by atoms with E-state index in [9.17, 15) is 9.18 Å². The number of carbonyl (C=O) groups is 1. The Labute approximate surface area is 146 Å². The highest BCUT2D eigenvalue weighted by Crippen LogP contribution is 2.25. The van der Waals surface area contributed by atoms with E-state index in [2.05, 4.69) is 5.32 Å². The number of benzene rings is 3. The smallest absolute Gasteiger partial charge is 0.233 e. The van der Waals surface area contributed by atoms with E-state index in [1.165, 1.54) is 18.6 Å². The minimum absolute atomic E-state index is 0.303. The van der Waals surface area contributed by atoms with Gasteiger partial charge in [-0.25, -0.2) is 4.39 Å². The molecule has 0 atom stereocenters. The van der Waals surface area contributed by atoms with Crippen LogP contribution in [-0.4, -0.2) is 5.91 Å². The van der Waals surface area contributed by atoms with E-state index < -0.39 is 0 Å². The number of hydrogen-bond donors (Lipinski definition) is 1. The fourth-order valence-electron chi connectivity index (χ4n) is 2.31. The number of amides is 1. The highest BCUT2D eigenvalue weighted by Gasteiger charge is 2.09. The van der Waals surface area contributed by atoms with E-state index in [1.54, 1.807) is 24.3 Å². The van der Waals surface area contributed by atoms with Crippen LogP contribution in [0.3, 0.4) is 0 Å². The molecule has 0 saturated heterocycles. The van der Waals surface area contributed by atoms with Crippen LogP contribution >= 0.6 is 0 Å². The van der Waals surface area contributed by atoms with Crippen molar-refractivity contribution in [2.45, 2.75) is 6.61 Å². The van der Waals surface area contributed by atoms with Gasteiger partial charge in [0.05, 0.1) is 12.1 Å². The van der Waals surface area contributed by atoms with Gasteiger partial charge >= 0.3 is 0 Å². The van der Waals surface area contributed by atoms with E-state index in [0.29, 0.717) is 23.6 Å². The van der Waals surface area contributed by atoms with Crippen molar-refractivity contribution in [1.29, 1.82) is 0 Å². The maximum atomic E-state index is 12.9. The third-order valence-electron chi connectivity index (χ3n) is 3.55. The van der Waals surface area contributed by atoms with Crippen molar-refractivity contribution in [3.05, 3.63) is 102 Å². The van der Waals surface area contributed by atoms with Gasteiger partial charge in [0.25, 0.3) is 0 Å². The molecular weight excluding hydrogens is 317 g/mol. The summed E-state index contributed by atoms with van der Waals surface area (Å²) in [6.45, 7) is 0.412. The SMILES string of the molecule is O=C([CH]c1ccc(F)cc1)Nc1ccccc1OCc1ccccc1. The van der Waals surface area contributed by atoms with Gasteiger partial charge < -0.3 is 10.1 Å². The summed E-state index contributed by atoms with van der Waals surface area (Å²) < 4.78 is 18.7. The van der Waals surface area contributed by atoms with Crippen molar-refractivity contribution < 1.29 is 13.9 Å². The summed E-state index contributed by atoms with van der Waals surface area (Å²) in [6.07, 6.45) is 1.41. The molecule has 0 aliphatic heterocycles. The molecule has 0 heterocycles. The van der Waals surface area contributed by atoms with Crippen molar-refractivity contribution in [3.8, 4) is 5.75 Å². The standard InChI is InChI=1S/C21H17FNO2/c22-18-12-10-16(11-13-18)14-21(24)23-19-8-4-5-9-20(19)25-15-17-6-2-1-3-7-17/h1-14H,15H2,(H,23,24). The van der Waals surface area contributed by atoms with Crippen LogP contribution in [0.4, 0.5) is 10.1 Å². The Morgan fingerprint density at radius 1 is 0.920 bits per heavy atom. The zero-order valence-electron chi connectivity index (χ0n) is 13.5. The fourth-order valence-corrected chi connectivity index (χ4v) is 2.31. The van der Waals surface area contributed by atoms with Gasteiger partial charge in [0, 0.05) is 0 Å². The summed E-state index contributed by atoms with van der Waals surface area (Å²) in [5, 5.41) is 2.80. The van der Waals surface area contributed by atoms with Gasteiger partial charge in [-0.1, -0.05) is 54.6 Å². The molecule has 3 aromatic carbocycles. The van der Waals surface area contributed by atoms with Crippen molar-refractivity contribution in [1.82, 2.24) is 0 Å². The lowest BCUT2D eigenvalue weighted by molar-refractivity contribution is -0.112. The van der Waals surface area contributed by atoms with E-state index in [4.69, 9.17) is 4.74 Å². The summed E-state index contributed by atoms with van der Waals surface area (Å²) in [7, 11) is 0. The molecule has 0 saturated carbocycles. The lowest BCUT2D eigenvalue weighted by atomic mass is 10.1. The predicted octanol–water partition coefficient (Wildman–Crippen LogP) is 4.60. The summed E-state index contributed by atoms with van der Waals surface area (Å²) >= 11 is 0. The van der Waals surface area contributed by atoms with Crippen LogP contribution in [0.2, 0.25) is 0 Å². The number of rotatable bonds is 6. The Balaban J connectivity index is 1.63. The Morgan fingerprint density at radius 2 is 1.60 bits per heavy atom. The lowest BCUT2D eigenvalue weighted by Crippen LogP contribution is -2.13. The molecule has 0 bridgehead atoms. The third-order valence-corrected chi connectivity index (χ3v) is 3.55. The first kappa shape index (κ1) is 16.7. The minimum atomic E-state index is -0.336. The minimum Gasteiger partial charge on any atom is -0.487 e. The van der Waals surface area contributed by atoms with Crippen LogP contribution in [0.25, 0.3) is 0 Å². The lowest BCUT2D eigenvalue weighted by Gasteiger charge is -2.12. The van der Waals surface area contributed by atoms with Crippen LogP contribution in [0.1, 0.15) is 11.1 Å². The Bertz CT molecular complexity index is 832. The summed E-state index contributed by atoms with van der Waals surface area (Å²) in [5.74, 6) is -0.0493. The predicted molar refractivity (Wildman–Crippen MR) is 95.6 cm³/mol. The first-order valence-corrected chi connectivity index (χ1v) is 7.88. The molecule has 1 radical (unpaired) electrons. The van der Waals surface area contributed by atoms with Gasteiger partial charge in [-0.3, -0.25) is 4.79 Å². The van der Waals surface area contributed by atoms with Crippen molar-refractivity contribution in [2.24, 2.45) is 0 Å². The number of anilines is 1. The molecule has 0 unspecified atom stereocenters. The van der Waals surface area contributed by atoms with Crippen LogP contribution in [0.15, 0.2) is 78.9 Å². The Kier molecular flexibility index (Phi) is 5.42. The molecule has 3 aromatic rings. The molecule has 4 heteroatoms. The largest absolute Gasteiger partial charge is 0.487 e. The second-order valence-corrected chi connectivity index (χ2v) is 5.46. The number of halogens is 1. The molecular formula is C21H17FNO2. The summed E-state index contributed by atoms with van der Waals surface area (Å²) in [6, 6.07) is 22.8. The van der Waals surface area contributed by atoms with Gasteiger partial charge in [0.2, 0.25) is 5.91 Å². The number of carbonyl (C=O) groups excluding carboxylic acids is 1. The zero-order chi connectivity index (χ0) is 17.5. The van der Waals surface area contributed by atoms with Crippen LogP contribution in [-0.2, 0) is 11.4 Å². The van der Waals surface area contributed by atoms with Gasteiger partial charge in [-0.15, -0.1) is 0 Å². The first-order chi connectivity index (χ1) is 12.2. The Hall–Kier alpha value is -3.14. The van der Waals surface area contributed by atoms with E-state index >= 15 is 0 Å². The average molecular weight is 334 g/mol. The number of hydrogen-bond acceptors (Lipinski definition) is 2. The molecule has 1 N–H and O–H groups in total. The van der Waals surface area contributed by atoms with E-state index in [0.717, 1.165) is 5.56 Å².